The normalized spacial score (nSPS) is 17.9. The number of hydrogen-bond acceptors (Lipinski definition) is 4. The fraction of sp³-hybridized carbons (Fsp3) is 0.545. The monoisotopic (exact) mass is 256 g/mol. The van der Waals surface area contributed by atoms with Crippen LogP contribution in [0.15, 0.2) is 18.3 Å². The maximum atomic E-state index is 12.0. The lowest BCUT2D eigenvalue weighted by Crippen LogP contribution is -2.30. The van der Waals surface area contributed by atoms with Crippen molar-refractivity contribution < 1.29 is 13.5 Å². The molecule has 0 radical (unpaired) electrons. The van der Waals surface area contributed by atoms with E-state index in [9.17, 15) is 13.5 Å². The van der Waals surface area contributed by atoms with Crippen molar-refractivity contribution in [1.29, 1.82) is 0 Å². The van der Waals surface area contributed by atoms with E-state index in [0.717, 1.165) is 19.3 Å². The van der Waals surface area contributed by atoms with Gasteiger partial charge in [0.05, 0.1) is 5.25 Å². The SMILES string of the molecule is O=S(=O)(Nc1ncccc1O)C1CCCCC1. The van der Waals surface area contributed by atoms with E-state index in [0.29, 0.717) is 12.8 Å². The number of nitrogens with one attached hydrogen (secondary N) is 1. The Morgan fingerprint density at radius 3 is 2.65 bits per heavy atom. The van der Waals surface area contributed by atoms with Gasteiger partial charge in [-0.2, -0.15) is 0 Å². The number of aromatic nitrogens is 1. The lowest BCUT2D eigenvalue weighted by molar-refractivity contribution is 0.473. The highest BCUT2D eigenvalue weighted by atomic mass is 32.2. The maximum absolute atomic E-state index is 12.0. The molecule has 17 heavy (non-hydrogen) atoms. The number of rotatable bonds is 3. The van der Waals surface area contributed by atoms with Gasteiger partial charge in [0, 0.05) is 6.20 Å². The highest BCUT2D eigenvalue weighted by Gasteiger charge is 2.28. The molecule has 1 fully saturated rings. The van der Waals surface area contributed by atoms with Crippen molar-refractivity contribution in [3.05, 3.63) is 18.3 Å². The Morgan fingerprint density at radius 2 is 2.00 bits per heavy atom. The van der Waals surface area contributed by atoms with Gasteiger partial charge in [-0.05, 0) is 25.0 Å². The van der Waals surface area contributed by atoms with Crippen LogP contribution in [-0.2, 0) is 10.0 Å². The highest BCUT2D eigenvalue weighted by molar-refractivity contribution is 7.93. The third-order valence-corrected chi connectivity index (χ3v) is 4.84. The van der Waals surface area contributed by atoms with E-state index in [4.69, 9.17) is 0 Å². The molecule has 2 N–H and O–H groups in total. The zero-order valence-electron chi connectivity index (χ0n) is 9.46. The summed E-state index contributed by atoms with van der Waals surface area (Å²) in [6, 6.07) is 2.96. The molecule has 0 unspecified atom stereocenters. The summed E-state index contributed by atoms with van der Waals surface area (Å²) in [5.41, 5.74) is 0. The van der Waals surface area contributed by atoms with Gasteiger partial charge in [-0.25, -0.2) is 13.4 Å². The van der Waals surface area contributed by atoms with Gasteiger partial charge in [0.15, 0.2) is 11.6 Å². The molecule has 94 valence electrons. The van der Waals surface area contributed by atoms with Crippen LogP contribution in [0.2, 0.25) is 0 Å². The largest absolute Gasteiger partial charge is 0.504 e. The van der Waals surface area contributed by atoms with Gasteiger partial charge in [-0.3, -0.25) is 4.72 Å². The Kier molecular flexibility index (Phi) is 3.51. The minimum absolute atomic E-state index is 0.0121. The van der Waals surface area contributed by atoms with Gasteiger partial charge in [0.2, 0.25) is 10.0 Å². The Labute approximate surface area is 101 Å². The first-order chi connectivity index (χ1) is 8.09. The van der Waals surface area contributed by atoms with E-state index in [1.54, 1.807) is 6.07 Å². The molecule has 0 amide bonds. The van der Waals surface area contributed by atoms with Gasteiger partial charge in [0.25, 0.3) is 0 Å². The van der Waals surface area contributed by atoms with E-state index in [2.05, 4.69) is 9.71 Å². The maximum Gasteiger partial charge on any atom is 0.236 e. The average molecular weight is 256 g/mol. The van der Waals surface area contributed by atoms with E-state index < -0.39 is 10.0 Å². The fourth-order valence-corrected chi connectivity index (χ4v) is 3.62. The van der Waals surface area contributed by atoms with Crippen molar-refractivity contribution in [1.82, 2.24) is 4.98 Å². The molecule has 0 saturated heterocycles. The van der Waals surface area contributed by atoms with Crippen LogP contribution in [0.3, 0.4) is 0 Å². The predicted molar refractivity (Wildman–Crippen MR) is 65.3 cm³/mol. The van der Waals surface area contributed by atoms with Crippen LogP contribution in [0, 0.1) is 0 Å². The quantitative estimate of drug-likeness (QED) is 0.865. The second-order valence-corrected chi connectivity index (χ2v) is 6.24. The summed E-state index contributed by atoms with van der Waals surface area (Å²) in [5, 5.41) is 9.12. The number of aromatic hydroxyl groups is 1. The van der Waals surface area contributed by atoms with Crippen molar-refractivity contribution in [3.63, 3.8) is 0 Å². The smallest absolute Gasteiger partial charge is 0.236 e. The zero-order chi connectivity index (χ0) is 12.3. The minimum Gasteiger partial charge on any atom is -0.504 e. The third kappa shape index (κ3) is 2.88. The number of nitrogens with zero attached hydrogens (tertiary/aromatic N) is 1. The lowest BCUT2D eigenvalue weighted by atomic mass is 10.0. The minimum atomic E-state index is -3.43. The van der Waals surface area contributed by atoms with E-state index >= 15 is 0 Å². The first-order valence-electron chi connectivity index (χ1n) is 5.75. The first-order valence-corrected chi connectivity index (χ1v) is 7.30. The molecule has 1 aliphatic carbocycles. The van der Waals surface area contributed by atoms with Crippen molar-refractivity contribution in [2.45, 2.75) is 37.4 Å². The molecule has 0 atom stereocenters. The van der Waals surface area contributed by atoms with E-state index in [-0.39, 0.29) is 16.8 Å². The van der Waals surface area contributed by atoms with Crippen LogP contribution in [0.1, 0.15) is 32.1 Å². The Bertz CT molecular complexity index is 481. The summed E-state index contributed by atoms with van der Waals surface area (Å²) in [6.07, 6.45) is 5.80. The summed E-state index contributed by atoms with van der Waals surface area (Å²) in [7, 11) is -3.43. The van der Waals surface area contributed by atoms with Crippen LogP contribution in [-0.4, -0.2) is 23.8 Å². The van der Waals surface area contributed by atoms with Crippen LogP contribution >= 0.6 is 0 Å². The van der Waals surface area contributed by atoms with Gasteiger partial charge in [-0.15, -0.1) is 0 Å². The summed E-state index contributed by atoms with van der Waals surface area (Å²) in [6.45, 7) is 0. The van der Waals surface area contributed by atoms with Crippen LogP contribution < -0.4 is 4.72 Å². The molecule has 0 spiro atoms. The van der Waals surface area contributed by atoms with Crippen molar-refractivity contribution >= 4 is 15.8 Å². The lowest BCUT2D eigenvalue weighted by Gasteiger charge is -2.22. The van der Waals surface area contributed by atoms with Crippen molar-refractivity contribution in [2.75, 3.05) is 4.72 Å². The van der Waals surface area contributed by atoms with Crippen molar-refractivity contribution in [2.24, 2.45) is 0 Å². The van der Waals surface area contributed by atoms with Gasteiger partial charge >= 0.3 is 0 Å². The molecular formula is C11H16N2O3S. The second-order valence-electron chi connectivity index (χ2n) is 4.28. The van der Waals surface area contributed by atoms with Crippen LogP contribution in [0.4, 0.5) is 5.82 Å². The summed E-state index contributed by atoms with van der Waals surface area (Å²) < 4.78 is 26.5. The molecule has 1 heterocycles. The molecule has 0 aliphatic heterocycles. The Balaban J connectivity index is 2.14. The number of anilines is 1. The standard InChI is InChI=1S/C11H16N2O3S/c14-10-7-4-8-12-11(10)13-17(15,16)9-5-2-1-3-6-9/h4,7-9,14H,1-3,5-6H2,(H,12,13). The summed E-state index contributed by atoms with van der Waals surface area (Å²) >= 11 is 0. The zero-order valence-corrected chi connectivity index (χ0v) is 10.3. The molecule has 1 aromatic rings. The summed E-state index contributed by atoms with van der Waals surface area (Å²) in [5.74, 6) is -0.134. The number of hydrogen-bond donors (Lipinski definition) is 2. The number of pyridine rings is 1. The Hall–Kier alpha value is -1.30. The second kappa shape index (κ2) is 4.91. The van der Waals surface area contributed by atoms with Gasteiger partial charge in [0.1, 0.15) is 0 Å². The predicted octanol–water partition coefficient (Wildman–Crippen LogP) is 1.86. The first kappa shape index (κ1) is 12.2. The molecule has 0 aromatic carbocycles. The third-order valence-electron chi connectivity index (χ3n) is 3.02. The fourth-order valence-electron chi connectivity index (χ4n) is 2.07. The number of sulfonamides is 1. The van der Waals surface area contributed by atoms with Gasteiger partial charge < -0.3 is 5.11 Å². The highest BCUT2D eigenvalue weighted by Crippen LogP contribution is 2.27. The topological polar surface area (TPSA) is 79.3 Å². The van der Waals surface area contributed by atoms with E-state index in [1.807, 2.05) is 0 Å². The molecule has 1 aromatic heterocycles. The molecule has 6 heteroatoms. The average Bonchev–Trinajstić information content (AvgIpc) is 2.33. The Morgan fingerprint density at radius 1 is 1.29 bits per heavy atom. The molecule has 1 aliphatic rings. The molecule has 0 bridgehead atoms. The van der Waals surface area contributed by atoms with Crippen LogP contribution in [0.5, 0.6) is 5.75 Å². The molecule has 2 rings (SSSR count). The molecule has 1 saturated carbocycles. The van der Waals surface area contributed by atoms with E-state index in [1.165, 1.54) is 12.3 Å². The van der Waals surface area contributed by atoms with Gasteiger partial charge in [-0.1, -0.05) is 19.3 Å². The molecule has 5 nitrogen and oxygen atoms in total. The van der Waals surface area contributed by atoms with Crippen LogP contribution in [0.25, 0.3) is 0 Å². The summed E-state index contributed by atoms with van der Waals surface area (Å²) in [4.78, 5) is 3.82. The van der Waals surface area contributed by atoms with Crippen molar-refractivity contribution in [3.8, 4) is 5.75 Å². The molecular weight excluding hydrogens is 240 g/mol.